The van der Waals surface area contributed by atoms with Gasteiger partial charge in [-0.1, -0.05) is 6.92 Å². The molecule has 27 heavy (non-hydrogen) atoms. The SMILES string of the molecule is CCc1nc2c(cnn2CC)c(NC2CCOCC2)c1CN1CCCC1=O. The summed E-state index contributed by atoms with van der Waals surface area (Å²) >= 11 is 0. The highest BCUT2D eigenvalue weighted by Crippen LogP contribution is 2.32. The molecule has 1 N–H and O–H groups in total. The van der Waals surface area contributed by atoms with Crippen LogP contribution in [0.25, 0.3) is 11.0 Å². The third-order valence-corrected chi connectivity index (χ3v) is 5.70. The zero-order valence-corrected chi connectivity index (χ0v) is 16.3. The van der Waals surface area contributed by atoms with Gasteiger partial charge in [0.2, 0.25) is 5.91 Å². The summed E-state index contributed by atoms with van der Waals surface area (Å²) < 4.78 is 7.47. The summed E-state index contributed by atoms with van der Waals surface area (Å²) in [5.74, 6) is 0.249. The molecule has 0 aromatic carbocycles. The standard InChI is InChI=1S/C20H29N5O2/c1-3-17-16(13-24-9-5-6-18(24)26)19(22-14-7-10-27-11-8-14)15-12-21-25(4-2)20(15)23-17/h12,14H,3-11,13H2,1-2H3,(H,22,23). The summed E-state index contributed by atoms with van der Waals surface area (Å²) in [5.41, 5.74) is 4.26. The third kappa shape index (κ3) is 3.52. The predicted molar refractivity (Wildman–Crippen MR) is 105 cm³/mol. The Morgan fingerprint density at radius 3 is 2.78 bits per heavy atom. The molecule has 7 heteroatoms. The molecule has 1 amide bonds. The lowest BCUT2D eigenvalue weighted by Gasteiger charge is -2.28. The second-order valence-corrected chi connectivity index (χ2v) is 7.41. The molecule has 2 aliphatic rings. The largest absolute Gasteiger partial charge is 0.381 e. The molecule has 146 valence electrons. The van der Waals surface area contributed by atoms with E-state index in [1.54, 1.807) is 0 Å². The van der Waals surface area contributed by atoms with Crippen LogP contribution in [0.3, 0.4) is 0 Å². The van der Waals surface area contributed by atoms with Crippen LogP contribution in [0.5, 0.6) is 0 Å². The number of pyridine rings is 1. The van der Waals surface area contributed by atoms with E-state index in [9.17, 15) is 4.79 Å². The minimum Gasteiger partial charge on any atom is -0.381 e. The third-order valence-electron chi connectivity index (χ3n) is 5.70. The number of rotatable bonds is 6. The van der Waals surface area contributed by atoms with Gasteiger partial charge in [-0.2, -0.15) is 5.10 Å². The number of fused-ring (bicyclic) bond motifs is 1. The molecule has 4 rings (SSSR count). The number of likely N-dealkylation sites (tertiary alicyclic amines) is 1. The molecule has 2 fully saturated rings. The van der Waals surface area contributed by atoms with Crippen molar-refractivity contribution >= 4 is 22.6 Å². The van der Waals surface area contributed by atoms with Crippen LogP contribution < -0.4 is 5.32 Å². The molecular formula is C20H29N5O2. The van der Waals surface area contributed by atoms with Crippen molar-refractivity contribution in [1.82, 2.24) is 19.7 Å². The molecule has 2 saturated heterocycles. The average molecular weight is 371 g/mol. The lowest BCUT2D eigenvalue weighted by molar-refractivity contribution is -0.128. The van der Waals surface area contributed by atoms with E-state index >= 15 is 0 Å². The van der Waals surface area contributed by atoms with Gasteiger partial charge in [0.05, 0.1) is 17.3 Å². The number of aromatic nitrogens is 3. The van der Waals surface area contributed by atoms with Crippen LogP contribution in [0.1, 0.15) is 50.8 Å². The fourth-order valence-corrected chi connectivity index (χ4v) is 4.14. The predicted octanol–water partition coefficient (Wildman–Crippen LogP) is 2.73. The van der Waals surface area contributed by atoms with Gasteiger partial charge in [-0.05, 0) is 32.6 Å². The molecule has 0 saturated carbocycles. The summed E-state index contributed by atoms with van der Waals surface area (Å²) in [6, 6.07) is 0.382. The Balaban J connectivity index is 1.79. The van der Waals surface area contributed by atoms with Crippen molar-refractivity contribution in [2.24, 2.45) is 0 Å². The molecule has 2 aliphatic heterocycles. The first-order valence-corrected chi connectivity index (χ1v) is 10.2. The Labute approximate surface area is 160 Å². The molecular weight excluding hydrogens is 342 g/mol. The van der Waals surface area contributed by atoms with E-state index in [0.29, 0.717) is 19.0 Å². The van der Waals surface area contributed by atoms with Crippen molar-refractivity contribution in [3.05, 3.63) is 17.5 Å². The van der Waals surface area contributed by atoms with Crippen LogP contribution in [0.15, 0.2) is 6.20 Å². The van der Waals surface area contributed by atoms with Crippen molar-refractivity contribution in [1.29, 1.82) is 0 Å². The monoisotopic (exact) mass is 371 g/mol. The van der Waals surface area contributed by atoms with Crippen molar-refractivity contribution in [2.45, 2.75) is 65.1 Å². The molecule has 7 nitrogen and oxygen atoms in total. The highest BCUT2D eigenvalue weighted by molar-refractivity contribution is 5.92. The molecule has 4 heterocycles. The molecule has 0 radical (unpaired) electrons. The van der Waals surface area contributed by atoms with Gasteiger partial charge in [-0.3, -0.25) is 4.79 Å². The summed E-state index contributed by atoms with van der Waals surface area (Å²) in [6.07, 6.45) is 6.36. The van der Waals surface area contributed by atoms with Crippen LogP contribution in [0.2, 0.25) is 0 Å². The van der Waals surface area contributed by atoms with Gasteiger partial charge in [0.15, 0.2) is 5.65 Å². The number of aryl methyl sites for hydroxylation is 2. The van der Waals surface area contributed by atoms with E-state index in [0.717, 1.165) is 80.0 Å². The van der Waals surface area contributed by atoms with Gasteiger partial charge in [0.1, 0.15) is 0 Å². The first-order chi connectivity index (χ1) is 13.2. The molecule has 0 atom stereocenters. The quantitative estimate of drug-likeness (QED) is 0.845. The minimum absolute atomic E-state index is 0.249. The maximum atomic E-state index is 12.2. The number of carbonyl (C=O) groups is 1. The van der Waals surface area contributed by atoms with Crippen molar-refractivity contribution in [3.8, 4) is 0 Å². The minimum atomic E-state index is 0.249. The van der Waals surface area contributed by atoms with Crippen LogP contribution in [-0.2, 0) is 29.0 Å². The van der Waals surface area contributed by atoms with E-state index in [1.807, 2.05) is 15.8 Å². The molecule has 0 bridgehead atoms. The fraction of sp³-hybridized carbons (Fsp3) is 0.650. The first kappa shape index (κ1) is 18.2. The smallest absolute Gasteiger partial charge is 0.222 e. The van der Waals surface area contributed by atoms with Gasteiger partial charge in [-0.25, -0.2) is 9.67 Å². The van der Waals surface area contributed by atoms with Crippen molar-refractivity contribution in [2.75, 3.05) is 25.1 Å². The number of hydrogen-bond donors (Lipinski definition) is 1. The van der Waals surface area contributed by atoms with Crippen molar-refractivity contribution in [3.63, 3.8) is 0 Å². The highest BCUT2D eigenvalue weighted by Gasteiger charge is 2.26. The number of anilines is 1. The zero-order chi connectivity index (χ0) is 18.8. The Morgan fingerprint density at radius 1 is 1.30 bits per heavy atom. The summed E-state index contributed by atoms with van der Waals surface area (Å²) in [7, 11) is 0. The van der Waals surface area contributed by atoms with Crippen LogP contribution in [0, 0.1) is 0 Å². The second kappa shape index (κ2) is 7.84. The lowest BCUT2D eigenvalue weighted by atomic mass is 10.0. The Hall–Kier alpha value is -2.15. The number of amides is 1. The van der Waals surface area contributed by atoms with Gasteiger partial charge >= 0.3 is 0 Å². The highest BCUT2D eigenvalue weighted by atomic mass is 16.5. The Kier molecular flexibility index (Phi) is 5.29. The first-order valence-electron chi connectivity index (χ1n) is 10.2. The normalized spacial score (nSPS) is 18.6. The van der Waals surface area contributed by atoms with E-state index in [1.165, 1.54) is 0 Å². The van der Waals surface area contributed by atoms with Crippen LogP contribution >= 0.6 is 0 Å². The van der Waals surface area contributed by atoms with Crippen LogP contribution in [0.4, 0.5) is 5.69 Å². The lowest BCUT2D eigenvalue weighted by Crippen LogP contribution is -2.30. The zero-order valence-electron chi connectivity index (χ0n) is 16.3. The average Bonchev–Trinajstić information content (AvgIpc) is 3.29. The van der Waals surface area contributed by atoms with Gasteiger partial charge in [-0.15, -0.1) is 0 Å². The van der Waals surface area contributed by atoms with Crippen molar-refractivity contribution < 1.29 is 9.53 Å². The number of hydrogen-bond acceptors (Lipinski definition) is 5. The second-order valence-electron chi connectivity index (χ2n) is 7.41. The van der Waals surface area contributed by atoms with E-state index in [2.05, 4.69) is 24.3 Å². The number of ether oxygens (including phenoxy) is 1. The Bertz CT molecular complexity index is 825. The summed E-state index contributed by atoms with van der Waals surface area (Å²) in [5, 5.41) is 9.38. The summed E-state index contributed by atoms with van der Waals surface area (Å²) in [4.78, 5) is 19.2. The number of nitrogens with zero attached hydrogens (tertiary/aromatic N) is 4. The van der Waals surface area contributed by atoms with Gasteiger partial charge in [0.25, 0.3) is 0 Å². The molecule has 0 unspecified atom stereocenters. The van der Waals surface area contributed by atoms with E-state index < -0.39 is 0 Å². The number of carbonyl (C=O) groups excluding carboxylic acids is 1. The Morgan fingerprint density at radius 2 is 2.11 bits per heavy atom. The topological polar surface area (TPSA) is 72.3 Å². The maximum Gasteiger partial charge on any atom is 0.222 e. The maximum absolute atomic E-state index is 12.2. The molecule has 0 spiro atoms. The molecule has 2 aromatic heterocycles. The van der Waals surface area contributed by atoms with E-state index in [-0.39, 0.29) is 5.91 Å². The molecule has 0 aliphatic carbocycles. The molecule has 2 aromatic rings. The fourth-order valence-electron chi connectivity index (χ4n) is 4.14. The summed E-state index contributed by atoms with van der Waals surface area (Å²) in [6.45, 7) is 8.07. The number of nitrogens with one attached hydrogen (secondary N) is 1. The van der Waals surface area contributed by atoms with Gasteiger partial charge in [0, 0.05) is 56.6 Å². The van der Waals surface area contributed by atoms with Gasteiger partial charge < -0.3 is 15.0 Å². The van der Waals surface area contributed by atoms with E-state index in [4.69, 9.17) is 9.72 Å². The van der Waals surface area contributed by atoms with Crippen LogP contribution in [-0.4, -0.2) is 51.4 Å².